The van der Waals surface area contributed by atoms with E-state index in [1.807, 2.05) is 50.5 Å². The second-order valence-electron chi connectivity index (χ2n) is 13.7. The standard InChI is InChI=1S/C37H60N6O4S2/c1-27-33(48-26-41-27)29-18-16-28(17-19-29)24-40-35(46)31-23-30(44)25-43(31)36(47)34(37(2,3)49-22-14-10-9-13-21-39)42-32(45)15-11-7-5-4-6-8-12-20-38/h16-19,26,30-31,34,44H,4-15,20-25,38-39H2,1-3H3,(H,40,46)(H,42,45)/t30-,31+,34-/m1/s1. The number of nitrogens with one attached hydrogen (secondary N) is 2. The first-order chi connectivity index (χ1) is 23.6. The Kier molecular flexibility index (Phi) is 18.1. The molecule has 2 heterocycles. The van der Waals surface area contributed by atoms with Gasteiger partial charge in [-0.2, -0.15) is 11.8 Å². The average Bonchev–Trinajstić information content (AvgIpc) is 3.70. The molecular weight excluding hydrogens is 657 g/mol. The molecule has 7 N–H and O–H groups in total. The van der Waals surface area contributed by atoms with Crippen molar-refractivity contribution in [1.29, 1.82) is 0 Å². The molecule has 1 aliphatic rings. The third kappa shape index (κ3) is 13.6. The zero-order valence-corrected chi connectivity index (χ0v) is 31.5. The number of carbonyl (C=O) groups excluding carboxylic acids is 3. The molecule has 1 aliphatic heterocycles. The highest BCUT2D eigenvalue weighted by Gasteiger charge is 2.46. The summed E-state index contributed by atoms with van der Waals surface area (Å²) in [6, 6.07) is 6.33. The minimum absolute atomic E-state index is 0.0518. The van der Waals surface area contributed by atoms with Crippen molar-refractivity contribution in [3.8, 4) is 10.4 Å². The van der Waals surface area contributed by atoms with Gasteiger partial charge in [-0.3, -0.25) is 14.4 Å². The number of carbonyl (C=O) groups is 3. The number of thioether (sulfide) groups is 1. The number of β-amino-alcohol motifs (C(OH)–C–C–N with tert-alkyl or cyclic N) is 1. The van der Waals surface area contributed by atoms with Gasteiger partial charge in [-0.15, -0.1) is 11.3 Å². The zero-order chi connectivity index (χ0) is 35.6. The van der Waals surface area contributed by atoms with E-state index in [1.165, 1.54) is 4.90 Å². The zero-order valence-electron chi connectivity index (χ0n) is 29.9. The lowest BCUT2D eigenvalue weighted by Gasteiger charge is -2.37. The fourth-order valence-electron chi connectivity index (χ4n) is 6.23. The van der Waals surface area contributed by atoms with E-state index in [0.29, 0.717) is 19.5 Å². The van der Waals surface area contributed by atoms with Crippen LogP contribution >= 0.6 is 23.1 Å². The third-order valence-electron chi connectivity index (χ3n) is 9.22. The van der Waals surface area contributed by atoms with Crippen LogP contribution in [-0.4, -0.2) is 81.0 Å². The summed E-state index contributed by atoms with van der Waals surface area (Å²) < 4.78 is -0.629. The quantitative estimate of drug-likeness (QED) is 0.0969. The average molecular weight is 717 g/mol. The number of nitrogens with two attached hydrogens (primary N) is 2. The molecule has 10 nitrogen and oxygen atoms in total. The van der Waals surface area contributed by atoms with Crippen LogP contribution in [0, 0.1) is 6.92 Å². The number of unbranched alkanes of at least 4 members (excludes halogenated alkanes) is 9. The Morgan fingerprint density at radius 2 is 1.59 bits per heavy atom. The Hall–Kier alpha value is -2.51. The van der Waals surface area contributed by atoms with Crippen LogP contribution in [-0.2, 0) is 20.9 Å². The van der Waals surface area contributed by atoms with Crippen molar-refractivity contribution < 1.29 is 19.5 Å². The van der Waals surface area contributed by atoms with Crippen LogP contribution in [0.1, 0.15) is 109 Å². The SMILES string of the molecule is Cc1ncsc1-c1ccc(CNC(=O)[C@@H]2C[C@@H](O)CN2C(=O)[C@@H](NC(=O)CCCCCCCCCN)C(C)(C)SCCCCCCN)cc1. The normalized spacial score (nSPS) is 16.9. The van der Waals surface area contributed by atoms with Crippen LogP contribution in [0.25, 0.3) is 10.4 Å². The Bertz CT molecular complexity index is 1290. The van der Waals surface area contributed by atoms with Gasteiger partial charge in [0, 0.05) is 30.7 Å². The molecule has 0 saturated carbocycles. The summed E-state index contributed by atoms with van der Waals surface area (Å²) in [7, 11) is 0. The summed E-state index contributed by atoms with van der Waals surface area (Å²) >= 11 is 3.26. The number of likely N-dealkylation sites (tertiary alicyclic amines) is 1. The molecule has 0 aliphatic carbocycles. The van der Waals surface area contributed by atoms with Crippen molar-refractivity contribution in [2.24, 2.45) is 11.5 Å². The molecule has 3 atom stereocenters. The van der Waals surface area contributed by atoms with E-state index in [4.69, 9.17) is 11.5 Å². The molecule has 0 radical (unpaired) electrons. The molecule has 1 aromatic heterocycles. The summed E-state index contributed by atoms with van der Waals surface area (Å²) in [5.74, 6) is 0.0507. The maximum atomic E-state index is 14.3. The van der Waals surface area contributed by atoms with Gasteiger partial charge in [0.25, 0.3) is 0 Å². The Morgan fingerprint density at radius 1 is 0.980 bits per heavy atom. The van der Waals surface area contributed by atoms with Crippen molar-refractivity contribution in [3.05, 3.63) is 41.0 Å². The molecule has 49 heavy (non-hydrogen) atoms. The Morgan fingerprint density at radius 3 is 2.20 bits per heavy atom. The largest absolute Gasteiger partial charge is 0.391 e. The number of rotatable bonds is 23. The van der Waals surface area contributed by atoms with Crippen molar-refractivity contribution in [2.45, 2.75) is 134 Å². The molecule has 12 heteroatoms. The number of aromatic nitrogens is 1. The number of amides is 3. The number of hydrogen-bond donors (Lipinski definition) is 5. The van der Waals surface area contributed by atoms with Crippen LogP contribution in [0.5, 0.6) is 0 Å². The smallest absolute Gasteiger partial charge is 0.247 e. The molecule has 1 saturated heterocycles. The van der Waals surface area contributed by atoms with Crippen LogP contribution in [0.3, 0.4) is 0 Å². The number of aryl methyl sites for hydroxylation is 1. The number of nitrogens with zero attached hydrogens (tertiary/aromatic N) is 2. The molecule has 2 aromatic rings. The van der Waals surface area contributed by atoms with E-state index in [-0.39, 0.29) is 30.7 Å². The van der Waals surface area contributed by atoms with Crippen molar-refractivity contribution >= 4 is 40.8 Å². The van der Waals surface area contributed by atoms with Crippen LogP contribution in [0.4, 0.5) is 0 Å². The van der Waals surface area contributed by atoms with Crippen molar-refractivity contribution in [3.63, 3.8) is 0 Å². The monoisotopic (exact) mass is 716 g/mol. The van der Waals surface area contributed by atoms with Gasteiger partial charge in [0.15, 0.2) is 0 Å². The third-order valence-corrected chi connectivity index (χ3v) is 11.7. The van der Waals surface area contributed by atoms with Gasteiger partial charge in [0.05, 0.1) is 22.2 Å². The highest BCUT2D eigenvalue weighted by molar-refractivity contribution is 8.00. The molecule has 274 valence electrons. The predicted molar refractivity (Wildman–Crippen MR) is 202 cm³/mol. The molecule has 0 spiro atoms. The van der Waals surface area contributed by atoms with E-state index in [2.05, 4.69) is 15.6 Å². The second kappa shape index (κ2) is 21.6. The van der Waals surface area contributed by atoms with E-state index >= 15 is 0 Å². The minimum atomic E-state index is -0.839. The topological polar surface area (TPSA) is 164 Å². The first kappa shape index (κ1) is 40.9. The highest BCUT2D eigenvalue weighted by Crippen LogP contribution is 2.33. The molecular formula is C37H60N6O4S2. The first-order valence-corrected chi connectivity index (χ1v) is 20.0. The van der Waals surface area contributed by atoms with E-state index in [1.54, 1.807) is 23.1 Å². The van der Waals surface area contributed by atoms with Gasteiger partial charge < -0.3 is 32.1 Å². The summed E-state index contributed by atoms with van der Waals surface area (Å²) in [6.45, 7) is 7.73. The minimum Gasteiger partial charge on any atom is -0.391 e. The van der Waals surface area contributed by atoms with Crippen LogP contribution in [0.2, 0.25) is 0 Å². The van der Waals surface area contributed by atoms with Gasteiger partial charge in [-0.25, -0.2) is 4.98 Å². The van der Waals surface area contributed by atoms with Gasteiger partial charge >= 0.3 is 0 Å². The van der Waals surface area contributed by atoms with Gasteiger partial charge in [0.1, 0.15) is 12.1 Å². The lowest BCUT2D eigenvalue weighted by Crippen LogP contribution is -2.59. The lowest BCUT2D eigenvalue weighted by atomic mass is 10.00. The molecule has 1 aromatic carbocycles. The fourth-order valence-corrected chi connectivity index (χ4v) is 8.24. The maximum absolute atomic E-state index is 14.3. The predicted octanol–water partition coefficient (Wildman–Crippen LogP) is 5.29. The van der Waals surface area contributed by atoms with Crippen LogP contribution < -0.4 is 22.1 Å². The van der Waals surface area contributed by atoms with Crippen molar-refractivity contribution in [2.75, 3.05) is 25.4 Å². The lowest BCUT2D eigenvalue weighted by molar-refractivity contribution is -0.142. The number of aliphatic hydroxyl groups excluding tert-OH is 1. The fraction of sp³-hybridized carbons (Fsp3) is 0.676. The summed E-state index contributed by atoms with van der Waals surface area (Å²) in [6.07, 6.45) is 11.1. The number of hydrogen-bond acceptors (Lipinski definition) is 9. The van der Waals surface area contributed by atoms with E-state index < -0.39 is 22.9 Å². The van der Waals surface area contributed by atoms with Gasteiger partial charge in [-0.1, -0.05) is 69.2 Å². The van der Waals surface area contributed by atoms with Crippen molar-refractivity contribution in [1.82, 2.24) is 20.5 Å². The Labute approximate surface area is 302 Å². The number of benzene rings is 1. The van der Waals surface area contributed by atoms with E-state index in [9.17, 15) is 19.5 Å². The highest BCUT2D eigenvalue weighted by atomic mass is 32.2. The maximum Gasteiger partial charge on any atom is 0.247 e. The molecule has 3 rings (SSSR count). The number of thiazole rings is 1. The van der Waals surface area contributed by atoms with E-state index in [0.717, 1.165) is 105 Å². The first-order valence-electron chi connectivity index (χ1n) is 18.2. The molecule has 1 fully saturated rings. The summed E-state index contributed by atoms with van der Waals surface area (Å²) in [5.41, 5.74) is 16.0. The number of aliphatic hydroxyl groups is 1. The second-order valence-corrected chi connectivity index (χ2v) is 16.4. The molecule has 3 amide bonds. The van der Waals surface area contributed by atoms with Gasteiger partial charge in [0.2, 0.25) is 17.7 Å². The van der Waals surface area contributed by atoms with Gasteiger partial charge in [-0.05, 0) is 76.4 Å². The Balaban J connectivity index is 1.64. The summed E-state index contributed by atoms with van der Waals surface area (Å²) in [4.78, 5) is 48.0. The summed E-state index contributed by atoms with van der Waals surface area (Å²) in [5, 5.41) is 16.7. The van der Waals surface area contributed by atoms with Crippen LogP contribution in [0.15, 0.2) is 29.8 Å². The molecule has 0 unspecified atom stereocenters. The molecule has 0 bridgehead atoms.